The van der Waals surface area contributed by atoms with Crippen molar-refractivity contribution >= 4 is 12.1 Å². The smallest absolute Gasteiger partial charge is 0.407 e. The summed E-state index contributed by atoms with van der Waals surface area (Å²) in [7, 11) is 0. The van der Waals surface area contributed by atoms with Crippen LogP contribution in [0.2, 0.25) is 0 Å². The summed E-state index contributed by atoms with van der Waals surface area (Å²) in [5.41, 5.74) is 0. The highest BCUT2D eigenvalue weighted by atomic mass is 16.6. The number of nitrogens with zero attached hydrogens (tertiary/aromatic N) is 1. The number of rotatable bonds is 0. The third kappa shape index (κ3) is 1.46. The van der Waals surface area contributed by atoms with Crippen molar-refractivity contribution in [2.75, 3.05) is 13.1 Å². The van der Waals surface area contributed by atoms with Gasteiger partial charge < -0.3 is 14.7 Å². The van der Waals surface area contributed by atoms with E-state index in [0.29, 0.717) is 19.5 Å². The number of carbonyl (C=O) groups excluding carboxylic acids is 1. The Morgan fingerprint density at radius 3 is 3.08 bits per heavy atom. The highest BCUT2D eigenvalue weighted by Crippen LogP contribution is 2.29. The zero-order valence-electron chi connectivity index (χ0n) is 7.10. The number of esters is 1. The lowest BCUT2D eigenvalue weighted by Crippen LogP contribution is -2.44. The number of piperidine rings is 1. The summed E-state index contributed by atoms with van der Waals surface area (Å²) < 4.78 is 5.00. The molecule has 2 aliphatic rings. The lowest BCUT2D eigenvalue weighted by Gasteiger charge is -2.31. The van der Waals surface area contributed by atoms with E-state index in [2.05, 4.69) is 0 Å². The Morgan fingerprint density at radius 1 is 1.62 bits per heavy atom. The fourth-order valence-electron chi connectivity index (χ4n) is 1.94. The molecule has 1 amide bonds. The molecule has 13 heavy (non-hydrogen) atoms. The van der Waals surface area contributed by atoms with Gasteiger partial charge in [-0.05, 0) is 6.42 Å². The van der Waals surface area contributed by atoms with Gasteiger partial charge in [0.05, 0.1) is 13.0 Å². The van der Waals surface area contributed by atoms with Crippen molar-refractivity contribution in [1.29, 1.82) is 0 Å². The molecule has 2 saturated heterocycles. The topological polar surface area (TPSA) is 66.8 Å². The second kappa shape index (κ2) is 2.90. The lowest BCUT2D eigenvalue weighted by molar-refractivity contribution is -0.142. The van der Waals surface area contributed by atoms with E-state index in [9.17, 15) is 9.59 Å². The van der Waals surface area contributed by atoms with Crippen LogP contribution in [0.4, 0.5) is 4.79 Å². The van der Waals surface area contributed by atoms with Crippen molar-refractivity contribution in [3.63, 3.8) is 0 Å². The number of amides is 1. The Bertz CT molecular complexity index is 253. The number of likely N-dealkylation sites (tertiary alicyclic amines) is 1. The lowest BCUT2D eigenvalue weighted by atomic mass is 9.93. The first kappa shape index (κ1) is 8.34. The van der Waals surface area contributed by atoms with E-state index in [4.69, 9.17) is 9.84 Å². The summed E-state index contributed by atoms with van der Waals surface area (Å²) in [4.78, 5) is 22.8. The quantitative estimate of drug-likeness (QED) is 0.551. The summed E-state index contributed by atoms with van der Waals surface area (Å²) in [6.45, 7) is 0.860. The van der Waals surface area contributed by atoms with E-state index >= 15 is 0 Å². The Balaban J connectivity index is 2.01. The van der Waals surface area contributed by atoms with Gasteiger partial charge in [-0.25, -0.2) is 4.79 Å². The fraction of sp³-hybridized carbons (Fsp3) is 0.750. The summed E-state index contributed by atoms with van der Waals surface area (Å²) >= 11 is 0. The molecular weight excluding hydrogens is 174 g/mol. The van der Waals surface area contributed by atoms with Crippen molar-refractivity contribution in [2.45, 2.75) is 18.9 Å². The molecule has 5 heteroatoms. The number of fused-ring (bicyclic) bond motifs is 1. The largest absolute Gasteiger partial charge is 0.465 e. The maximum atomic E-state index is 10.9. The first-order valence-electron chi connectivity index (χ1n) is 4.34. The van der Waals surface area contributed by atoms with Gasteiger partial charge in [-0.15, -0.1) is 0 Å². The van der Waals surface area contributed by atoms with Crippen molar-refractivity contribution in [3.8, 4) is 0 Å². The molecule has 72 valence electrons. The van der Waals surface area contributed by atoms with E-state index in [0.717, 1.165) is 6.42 Å². The molecule has 2 aliphatic heterocycles. The molecule has 2 atom stereocenters. The van der Waals surface area contributed by atoms with Crippen molar-refractivity contribution in [3.05, 3.63) is 0 Å². The molecule has 2 rings (SSSR count). The van der Waals surface area contributed by atoms with Crippen LogP contribution in [-0.2, 0) is 9.53 Å². The van der Waals surface area contributed by atoms with Crippen LogP contribution in [0, 0.1) is 5.92 Å². The van der Waals surface area contributed by atoms with E-state index in [1.54, 1.807) is 0 Å². The van der Waals surface area contributed by atoms with Gasteiger partial charge in [0.2, 0.25) is 0 Å². The molecule has 0 radical (unpaired) electrons. The van der Waals surface area contributed by atoms with Crippen molar-refractivity contribution in [1.82, 2.24) is 4.90 Å². The molecule has 2 heterocycles. The third-order valence-corrected chi connectivity index (χ3v) is 2.68. The summed E-state index contributed by atoms with van der Waals surface area (Å²) in [6, 6.07) is 0. The Hall–Kier alpha value is -1.26. The molecule has 1 N–H and O–H groups in total. The van der Waals surface area contributed by atoms with E-state index < -0.39 is 6.09 Å². The maximum absolute atomic E-state index is 10.9. The predicted molar refractivity (Wildman–Crippen MR) is 42.2 cm³/mol. The van der Waals surface area contributed by atoms with Gasteiger partial charge in [0.1, 0.15) is 6.10 Å². The number of hydrogen-bond donors (Lipinski definition) is 1. The minimum absolute atomic E-state index is 0.192. The predicted octanol–water partition coefficient (Wildman–Crippen LogP) is 0.302. The average Bonchev–Trinajstić information content (AvgIpc) is 2.42. The molecule has 0 aromatic heterocycles. The van der Waals surface area contributed by atoms with Crippen LogP contribution in [0.3, 0.4) is 0 Å². The first-order valence-corrected chi connectivity index (χ1v) is 4.34. The average molecular weight is 185 g/mol. The normalized spacial score (nSPS) is 32.6. The van der Waals surface area contributed by atoms with Crippen molar-refractivity contribution in [2.24, 2.45) is 5.92 Å². The zero-order chi connectivity index (χ0) is 9.42. The molecule has 0 aromatic rings. The molecule has 5 nitrogen and oxygen atoms in total. The molecule has 0 bridgehead atoms. The monoisotopic (exact) mass is 185 g/mol. The number of ether oxygens (including phenoxy) is 1. The second-order valence-electron chi connectivity index (χ2n) is 3.51. The maximum Gasteiger partial charge on any atom is 0.407 e. The van der Waals surface area contributed by atoms with Crippen LogP contribution in [0.5, 0.6) is 0 Å². The Kier molecular flexibility index (Phi) is 1.86. The van der Waals surface area contributed by atoms with E-state index in [-0.39, 0.29) is 18.0 Å². The van der Waals surface area contributed by atoms with Gasteiger partial charge in [-0.3, -0.25) is 4.79 Å². The van der Waals surface area contributed by atoms with Crippen LogP contribution in [0.1, 0.15) is 12.8 Å². The van der Waals surface area contributed by atoms with Crippen LogP contribution >= 0.6 is 0 Å². The molecule has 0 spiro atoms. The fourth-order valence-corrected chi connectivity index (χ4v) is 1.94. The molecule has 2 fully saturated rings. The standard InChI is InChI=1S/C8H11NO4/c10-7-3-5-1-2-9(8(11)12)4-6(5)13-7/h5-6H,1-4H2,(H,11,12). The molecule has 0 saturated carbocycles. The molecular formula is C8H11NO4. The van der Waals surface area contributed by atoms with Crippen molar-refractivity contribution < 1.29 is 19.4 Å². The zero-order valence-corrected chi connectivity index (χ0v) is 7.10. The minimum atomic E-state index is -0.929. The summed E-state index contributed by atoms with van der Waals surface area (Å²) in [5, 5.41) is 8.71. The van der Waals surface area contributed by atoms with Gasteiger partial charge in [0.25, 0.3) is 0 Å². The highest BCUT2D eigenvalue weighted by molar-refractivity contribution is 5.72. The molecule has 0 aromatic carbocycles. The molecule has 2 unspecified atom stereocenters. The highest BCUT2D eigenvalue weighted by Gasteiger charge is 2.40. The van der Waals surface area contributed by atoms with Gasteiger partial charge in [-0.2, -0.15) is 0 Å². The van der Waals surface area contributed by atoms with Gasteiger partial charge in [-0.1, -0.05) is 0 Å². The van der Waals surface area contributed by atoms with Gasteiger partial charge >= 0.3 is 12.1 Å². The Morgan fingerprint density at radius 2 is 2.38 bits per heavy atom. The second-order valence-corrected chi connectivity index (χ2v) is 3.51. The minimum Gasteiger partial charge on any atom is -0.465 e. The first-order chi connectivity index (χ1) is 6.16. The number of carbonyl (C=O) groups is 2. The molecule has 0 aliphatic carbocycles. The summed E-state index contributed by atoms with van der Waals surface area (Å²) in [5.74, 6) is 0.0466. The van der Waals surface area contributed by atoms with Gasteiger partial charge in [0, 0.05) is 12.5 Å². The van der Waals surface area contributed by atoms with Crippen LogP contribution in [0.15, 0.2) is 0 Å². The summed E-state index contributed by atoms with van der Waals surface area (Å²) in [6.07, 6.45) is 0.0691. The van der Waals surface area contributed by atoms with E-state index in [1.165, 1.54) is 4.90 Å². The van der Waals surface area contributed by atoms with Crippen LogP contribution < -0.4 is 0 Å². The number of hydrogen-bond acceptors (Lipinski definition) is 3. The Labute approximate surface area is 75.3 Å². The number of carboxylic acid groups (broad SMARTS) is 1. The third-order valence-electron chi connectivity index (χ3n) is 2.68. The van der Waals surface area contributed by atoms with E-state index in [1.807, 2.05) is 0 Å². The van der Waals surface area contributed by atoms with Gasteiger partial charge in [0.15, 0.2) is 0 Å². The SMILES string of the molecule is O=C1CC2CCN(C(=O)O)CC2O1. The van der Waals surface area contributed by atoms with Crippen LogP contribution in [0.25, 0.3) is 0 Å². The van der Waals surface area contributed by atoms with Crippen LogP contribution in [-0.4, -0.2) is 41.3 Å².